The highest BCUT2D eigenvalue weighted by Gasteiger charge is 2.29. The van der Waals surface area contributed by atoms with Gasteiger partial charge in [-0.1, -0.05) is 26.3 Å². The predicted molar refractivity (Wildman–Crippen MR) is 61.7 cm³/mol. The standard InChI is InChI=1S/C14H19F/c1-4-10(3)12-6-5-11-7-9(2)8-13(15)14(11)12/h7-8,10,12H,4-6H2,1-3H3. The van der Waals surface area contributed by atoms with Crippen LogP contribution in [-0.2, 0) is 6.42 Å². The second kappa shape index (κ2) is 3.96. The minimum Gasteiger partial charge on any atom is -0.207 e. The number of rotatable bonds is 2. The Kier molecular flexibility index (Phi) is 2.81. The van der Waals surface area contributed by atoms with Crippen LogP contribution in [0.15, 0.2) is 12.1 Å². The third-order valence-electron chi connectivity index (χ3n) is 3.79. The summed E-state index contributed by atoms with van der Waals surface area (Å²) in [7, 11) is 0. The Balaban J connectivity index is 2.42. The Hall–Kier alpha value is -0.850. The number of halogens is 1. The van der Waals surface area contributed by atoms with Gasteiger partial charge in [0.1, 0.15) is 5.82 Å². The molecule has 0 spiro atoms. The molecule has 0 N–H and O–H groups in total. The van der Waals surface area contributed by atoms with Crippen molar-refractivity contribution in [3.63, 3.8) is 0 Å². The summed E-state index contributed by atoms with van der Waals surface area (Å²) in [5.41, 5.74) is 3.31. The molecule has 0 heterocycles. The molecule has 0 nitrogen and oxygen atoms in total. The average Bonchev–Trinajstić information content (AvgIpc) is 2.60. The van der Waals surface area contributed by atoms with Gasteiger partial charge in [-0.05, 0) is 54.4 Å². The molecule has 0 bridgehead atoms. The van der Waals surface area contributed by atoms with E-state index in [0.29, 0.717) is 11.8 Å². The molecule has 0 saturated heterocycles. The van der Waals surface area contributed by atoms with E-state index in [1.807, 2.05) is 6.92 Å². The number of aryl methyl sites for hydroxylation is 2. The van der Waals surface area contributed by atoms with Crippen LogP contribution < -0.4 is 0 Å². The van der Waals surface area contributed by atoms with E-state index in [2.05, 4.69) is 19.9 Å². The molecule has 15 heavy (non-hydrogen) atoms. The Labute approximate surface area is 91.5 Å². The van der Waals surface area contributed by atoms with Crippen molar-refractivity contribution in [3.05, 3.63) is 34.6 Å². The monoisotopic (exact) mass is 206 g/mol. The summed E-state index contributed by atoms with van der Waals surface area (Å²) in [5.74, 6) is 1.07. The lowest BCUT2D eigenvalue weighted by Gasteiger charge is -2.19. The quantitative estimate of drug-likeness (QED) is 0.680. The van der Waals surface area contributed by atoms with Gasteiger partial charge in [0.05, 0.1) is 0 Å². The molecule has 0 amide bonds. The summed E-state index contributed by atoms with van der Waals surface area (Å²) in [6, 6.07) is 3.83. The molecule has 0 radical (unpaired) electrons. The van der Waals surface area contributed by atoms with Crippen molar-refractivity contribution < 1.29 is 4.39 Å². The molecule has 0 fully saturated rings. The van der Waals surface area contributed by atoms with Gasteiger partial charge in [-0.3, -0.25) is 0 Å². The van der Waals surface area contributed by atoms with Crippen LogP contribution in [-0.4, -0.2) is 0 Å². The molecule has 0 aliphatic heterocycles. The first-order chi connectivity index (χ1) is 7.13. The van der Waals surface area contributed by atoms with Crippen LogP contribution in [0.25, 0.3) is 0 Å². The molecule has 0 aromatic heterocycles. The number of fused-ring (bicyclic) bond motifs is 1. The molecule has 1 aromatic carbocycles. The number of hydrogen-bond donors (Lipinski definition) is 0. The van der Waals surface area contributed by atoms with Gasteiger partial charge in [0.15, 0.2) is 0 Å². The first-order valence-corrected chi connectivity index (χ1v) is 5.92. The molecule has 1 aliphatic carbocycles. The Morgan fingerprint density at radius 2 is 2.20 bits per heavy atom. The lowest BCUT2D eigenvalue weighted by molar-refractivity contribution is 0.430. The van der Waals surface area contributed by atoms with Gasteiger partial charge in [0, 0.05) is 0 Å². The fourth-order valence-electron chi connectivity index (χ4n) is 2.76. The van der Waals surface area contributed by atoms with Crippen molar-refractivity contribution in [3.8, 4) is 0 Å². The summed E-state index contributed by atoms with van der Waals surface area (Å²) in [6.45, 7) is 6.40. The van der Waals surface area contributed by atoms with Crippen LogP contribution in [0.4, 0.5) is 4.39 Å². The molecular formula is C14H19F. The Bertz CT molecular complexity index is 368. The van der Waals surface area contributed by atoms with Crippen molar-refractivity contribution in [2.75, 3.05) is 0 Å². The fraction of sp³-hybridized carbons (Fsp3) is 0.571. The number of benzene rings is 1. The van der Waals surface area contributed by atoms with E-state index < -0.39 is 0 Å². The van der Waals surface area contributed by atoms with E-state index >= 15 is 0 Å². The highest BCUT2D eigenvalue weighted by atomic mass is 19.1. The second-order valence-electron chi connectivity index (χ2n) is 4.85. The van der Waals surface area contributed by atoms with Gasteiger partial charge in [-0.25, -0.2) is 4.39 Å². The van der Waals surface area contributed by atoms with E-state index in [-0.39, 0.29) is 5.82 Å². The Morgan fingerprint density at radius 1 is 1.47 bits per heavy atom. The van der Waals surface area contributed by atoms with Crippen LogP contribution in [0.2, 0.25) is 0 Å². The molecule has 2 rings (SSSR count). The summed E-state index contributed by atoms with van der Waals surface area (Å²) >= 11 is 0. The number of hydrogen-bond acceptors (Lipinski definition) is 0. The maximum absolute atomic E-state index is 13.9. The molecule has 2 atom stereocenters. The largest absolute Gasteiger partial charge is 0.207 e. The van der Waals surface area contributed by atoms with Crippen LogP contribution in [0, 0.1) is 18.7 Å². The highest BCUT2D eigenvalue weighted by molar-refractivity contribution is 5.39. The maximum atomic E-state index is 13.9. The first kappa shape index (κ1) is 10.7. The normalized spacial score (nSPS) is 21.5. The Morgan fingerprint density at radius 3 is 2.87 bits per heavy atom. The average molecular weight is 206 g/mol. The highest BCUT2D eigenvalue weighted by Crippen LogP contribution is 2.41. The van der Waals surface area contributed by atoms with Crippen molar-refractivity contribution in [2.45, 2.75) is 46.0 Å². The van der Waals surface area contributed by atoms with E-state index in [1.165, 1.54) is 5.56 Å². The van der Waals surface area contributed by atoms with E-state index in [0.717, 1.165) is 30.4 Å². The molecule has 82 valence electrons. The van der Waals surface area contributed by atoms with Gasteiger partial charge in [-0.2, -0.15) is 0 Å². The SMILES string of the molecule is CCC(C)C1CCc2cc(C)cc(F)c21. The lowest BCUT2D eigenvalue weighted by atomic mass is 9.86. The molecule has 2 unspecified atom stereocenters. The minimum atomic E-state index is 0.0211. The van der Waals surface area contributed by atoms with Crippen LogP contribution in [0.5, 0.6) is 0 Å². The zero-order valence-corrected chi connectivity index (χ0v) is 9.81. The molecule has 1 aliphatic rings. The van der Waals surface area contributed by atoms with Gasteiger partial charge in [-0.15, -0.1) is 0 Å². The van der Waals surface area contributed by atoms with Gasteiger partial charge in [0.25, 0.3) is 0 Å². The summed E-state index contributed by atoms with van der Waals surface area (Å²) in [5, 5.41) is 0. The summed E-state index contributed by atoms with van der Waals surface area (Å²) < 4.78 is 13.9. The van der Waals surface area contributed by atoms with Crippen molar-refractivity contribution in [2.24, 2.45) is 5.92 Å². The topological polar surface area (TPSA) is 0 Å². The third-order valence-corrected chi connectivity index (χ3v) is 3.79. The third kappa shape index (κ3) is 1.80. The zero-order chi connectivity index (χ0) is 11.0. The first-order valence-electron chi connectivity index (χ1n) is 5.92. The molecule has 0 saturated carbocycles. The van der Waals surface area contributed by atoms with Crippen molar-refractivity contribution in [1.82, 2.24) is 0 Å². The van der Waals surface area contributed by atoms with Crippen LogP contribution in [0.1, 0.15) is 49.3 Å². The predicted octanol–water partition coefficient (Wildman–Crippen LogP) is 4.21. The molecule has 1 aromatic rings. The summed E-state index contributed by atoms with van der Waals surface area (Å²) in [4.78, 5) is 0. The molecular weight excluding hydrogens is 187 g/mol. The second-order valence-corrected chi connectivity index (χ2v) is 4.85. The fourth-order valence-corrected chi connectivity index (χ4v) is 2.76. The van der Waals surface area contributed by atoms with E-state index in [9.17, 15) is 4.39 Å². The van der Waals surface area contributed by atoms with Crippen LogP contribution >= 0.6 is 0 Å². The van der Waals surface area contributed by atoms with Gasteiger partial charge < -0.3 is 0 Å². The zero-order valence-electron chi connectivity index (χ0n) is 9.81. The van der Waals surface area contributed by atoms with E-state index in [4.69, 9.17) is 0 Å². The van der Waals surface area contributed by atoms with Crippen molar-refractivity contribution in [1.29, 1.82) is 0 Å². The lowest BCUT2D eigenvalue weighted by Crippen LogP contribution is -2.07. The van der Waals surface area contributed by atoms with E-state index in [1.54, 1.807) is 6.07 Å². The summed E-state index contributed by atoms with van der Waals surface area (Å²) in [6.07, 6.45) is 3.32. The molecule has 1 heteroatoms. The maximum Gasteiger partial charge on any atom is 0.127 e. The minimum absolute atomic E-state index is 0.0211. The van der Waals surface area contributed by atoms with Crippen molar-refractivity contribution >= 4 is 0 Å². The smallest absolute Gasteiger partial charge is 0.127 e. The van der Waals surface area contributed by atoms with Crippen LogP contribution in [0.3, 0.4) is 0 Å². The van der Waals surface area contributed by atoms with Gasteiger partial charge >= 0.3 is 0 Å². The van der Waals surface area contributed by atoms with Gasteiger partial charge in [0.2, 0.25) is 0 Å².